The molecule has 12 heteroatoms. The number of thioether (sulfide) groups is 1. The van der Waals surface area contributed by atoms with E-state index in [1.54, 1.807) is 91.6 Å². The van der Waals surface area contributed by atoms with E-state index in [2.05, 4.69) is 36.4 Å². The summed E-state index contributed by atoms with van der Waals surface area (Å²) in [5.74, 6) is 0.416. The SMILES string of the molecule is O=C(COc1ccc(Br)cc1/C=C1\S/C(=N\N=C\c2cccnc2)N(Cc2ccco2)C1=O)Nc1ccc(Cl)cc1. The lowest BCUT2D eigenvalue weighted by atomic mass is 10.2. The number of nitrogens with zero attached hydrogens (tertiary/aromatic N) is 4. The minimum atomic E-state index is -0.342. The quantitative estimate of drug-likeness (QED) is 0.124. The van der Waals surface area contributed by atoms with Crippen molar-refractivity contribution in [3.63, 3.8) is 0 Å². The van der Waals surface area contributed by atoms with Crippen molar-refractivity contribution in [1.29, 1.82) is 0 Å². The summed E-state index contributed by atoms with van der Waals surface area (Å²) in [7, 11) is 0. The number of pyridine rings is 1. The third-order valence-electron chi connectivity index (χ3n) is 5.56. The number of anilines is 1. The Hall–Kier alpha value is -4.19. The van der Waals surface area contributed by atoms with Gasteiger partial charge in [-0.2, -0.15) is 5.10 Å². The molecule has 0 spiro atoms. The molecule has 9 nitrogen and oxygen atoms in total. The number of carbonyl (C=O) groups is 2. The fraction of sp³-hybridized carbons (Fsp3) is 0.0690. The van der Waals surface area contributed by atoms with E-state index in [-0.39, 0.29) is 25.0 Å². The molecule has 5 rings (SSSR count). The van der Waals surface area contributed by atoms with Crippen molar-refractivity contribution < 1.29 is 18.7 Å². The van der Waals surface area contributed by atoms with Crippen molar-refractivity contribution in [2.45, 2.75) is 6.54 Å². The molecule has 2 aromatic carbocycles. The Balaban J connectivity index is 1.36. The first-order valence-corrected chi connectivity index (χ1v) is 14.2. The van der Waals surface area contributed by atoms with Gasteiger partial charge in [0.1, 0.15) is 11.5 Å². The van der Waals surface area contributed by atoms with Gasteiger partial charge in [0, 0.05) is 38.7 Å². The van der Waals surface area contributed by atoms with E-state index >= 15 is 0 Å². The van der Waals surface area contributed by atoms with E-state index in [4.69, 9.17) is 20.8 Å². The van der Waals surface area contributed by atoms with E-state index in [0.717, 1.165) is 10.0 Å². The van der Waals surface area contributed by atoms with Crippen molar-refractivity contribution in [3.8, 4) is 5.75 Å². The molecule has 0 saturated carbocycles. The van der Waals surface area contributed by atoms with Gasteiger partial charge in [-0.15, -0.1) is 5.10 Å². The topological polar surface area (TPSA) is 109 Å². The molecular formula is C29H21BrClN5O4S. The largest absolute Gasteiger partial charge is 0.483 e. The first-order chi connectivity index (χ1) is 19.9. The molecule has 1 saturated heterocycles. The first-order valence-electron chi connectivity index (χ1n) is 12.2. The van der Waals surface area contributed by atoms with Gasteiger partial charge in [0.25, 0.3) is 11.8 Å². The standard InChI is InChI=1S/C29H21BrClN5O4S/c30-21-5-10-25(40-18-27(37)34-23-8-6-22(31)7-9-23)20(13-21)14-26-28(38)36(17-24-4-2-12-39-24)29(41-26)35-33-16-19-3-1-11-32-15-19/h1-16H,17-18H2,(H,34,37)/b26-14-,33-16+,35-29-. The van der Waals surface area contributed by atoms with Crippen LogP contribution < -0.4 is 10.1 Å². The Morgan fingerprint density at radius 2 is 2.02 bits per heavy atom. The molecule has 1 aliphatic heterocycles. The van der Waals surface area contributed by atoms with Crippen LogP contribution in [0.2, 0.25) is 5.02 Å². The summed E-state index contributed by atoms with van der Waals surface area (Å²) in [6, 6.07) is 19.3. The number of benzene rings is 2. The van der Waals surface area contributed by atoms with Crippen LogP contribution in [0.3, 0.4) is 0 Å². The number of halogens is 2. The van der Waals surface area contributed by atoms with Gasteiger partial charge in [0.05, 0.1) is 23.9 Å². The van der Waals surface area contributed by atoms with E-state index in [1.165, 1.54) is 16.7 Å². The second kappa shape index (κ2) is 13.4. The average molecular weight is 651 g/mol. The molecule has 0 aliphatic carbocycles. The third-order valence-corrected chi connectivity index (χ3v) is 7.30. The lowest BCUT2D eigenvalue weighted by Gasteiger charge is -2.13. The number of aromatic nitrogens is 1. The molecule has 4 aromatic rings. The number of furan rings is 1. The van der Waals surface area contributed by atoms with Gasteiger partial charge in [-0.3, -0.25) is 19.5 Å². The number of hydrogen-bond donors (Lipinski definition) is 1. The smallest absolute Gasteiger partial charge is 0.267 e. The van der Waals surface area contributed by atoms with E-state index in [9.17, 15) is 9.59 Å². The van der Waals surface area contributed by atoms with Crippen molar-refractivity contribution in [2.75, 3.05) is 11.9 Å². The highest BCUT2D eigenvalue weighted by molar-refractivity contribution is 9.10. The van der Waals surface area contributed by atoms with Crippen molar-refractivity contribution in [1.82, 2.24) is 9.88 Å². The zero-order valence-electron chi connectivity index (χ0n) is 21.2. The van der Waals surface area contributed by atoms with Gasteiger partial charge >= 0.3 is 0 Å². The predicted octanol–water partition coefficient (Wildman–Crippen LogP) is 6.61. The molecule has 0 unspecified atom stereocenters. The Bertz CT molecular complexity index is 1630. The minimum Gasteiger partial charge on any atom is -0.483 e. The molecule has 2 amide bonds. The Morgan fingerprint density at radius 3 is 2.78 bits per heavy atom. The normalized spacial score (nSPS) is 15.3. The fourth-order valence-electron chi connectivity index (χ4n) is 3.66. The predicted molar refractivity (Wildman–Crippen MR) is 164 cm³/mol. The molecule has 3 heterocycles. The monoisotopic (exact) mass is 649 g/mol. The Morgan fingerprint density at radius 1 is 1.17 bits per heavy atom. The number of carbonyl (C=O) groups excluding carboxylic acids is 2. The summed E-state index contributed by atoms with van der Waals surface area (Å²) < 4.78 is 12.1. The van der Waals surface area contributed by atoms with Crippen LogP contribution in [0.15, 0.2) is 109 Å². The number of amidine groups is 1. The van der Waals surface area contributed by atoms with Crippen LogP contribution in [0.1, 0.15) is 16.9 Å². The second-order valence-electron chi connectivity index (χ2n) is 8.52. The van der Waals surface area contributed by atoms with Crippen LogP contribution >= 0.6 is 39.3 Å². The van der Waals surface area contributed by atoms with Gasteiger partial charge in [-0.1, -0.05) is 33.6 Å². The average Bonchev–Trinajstić information content (AvgIpc) is 3.59. The lowest BCUT2D eigenvalue weighted by molar-refractivity contribution is -0.122. The van der Waals surface area contributed by atoms with E-state index < -0.39 is 0 Å². The lowest BCUT2D eigenvalue weighted by Crippen LogP contribution is -2.28. The number of ether oxygens (including phenoxy) is 1. The zero-order chi connectivity index (χ0) is 28.6. The van der Waals surface area contributed by atoms with Crippen molar-refractivity contribution >= 4 is 74.3 Å². The van der Waals surface area contributed by atoms with Crippen LogP contribution in [0.4, 0.5) is 5.69 Å². The van der Waals surface area contributed by atoms with Crippen LogP contribution in [0.25, 0.3) is 6.08 Å². The maximum atomic E-state index is 13.5. The second-order valence-corrected chi connectivity index (χ2v) is 10.9. The van der Waals surface area contributed by atoms with Gasteiger partial charge in [0.2, 0.25) is 0 Å². The fourth-order valence-corrected chi connectivity index (χ4v) is 5.09. The number of amides is 2. The Kier molecular flexibility index (Phi) is 9.29. The molecule has 0 atom stereocenters. The summed E-state index contributed by atoms with van der Waals surface area (Å²) >= 11 is 10.6. The van der Waals surface area contributed by atoms with Gasteiger partial charge in [0.15, 0.2) is 11.8 Å². The summed E-state index contributed by atoms with van der Waals surface area (Å²) in [4.78, 5) is 31.9. The van der Waals surface area contributed by atoms with E-state index in [0.29, 0.717) is 37.9 Å². The third kappa shape index (κ3) is 7.72. The van der Waals surface area contributed by atoms with Gasteiger partial charge < -0.3 is 14.5 Å². The Labute approximate surface area is 253 Å². The van der Waals surface area contributed by atoms with Crippen LogP contribution in [-0.4, -0.2) is 39.7 Å². The highest BCUT2D eigenvalue weighted by atomic mass is 79.9. The van der Waals surface area contributed by atoms with Crippen molar-refractivity contribution in [3.05, 3.63) is 117 Å². The van der Waals surface area contributed by atoms with Crippen LogP contribution in [0.5, 0.6) is 5.75 Å². The van der Waals surface area contributed by atoms with Gasteiger partial charge in [-0.25, -0.2) is 0 Å². The highest BCUT2D eigenvalue weighted by Gasteiger charge is 2.34. The molecule has 0 bridgehead atoms. The molecule has 0 radical (unpaired) electrons. The molecule has 41 heavy (non-hydrogen) atoms. The number of nitrogens with one attached hydrogen (secondary N) is 1. The highest BCUT2D eigenvalue weighted by Crippen LogP contribution is 2.36. The minimum absolute atomic E-state index is 0.185. The molecule has 1 fully saturated rings. The number of rotatable bonds is 9. The summed E-state index contributed by atoms with van der Waals surface area (Å²) in [5.41, 5.74) is 1.98. The van der Waals surface area contributed by atoms with Crippen LogP contribution in [-0.2, 0) is 16.1 Å². The van der Waals surface area contributed by atoms with Gasteiger partial charge in [-0.05, 0) is 78.5 Å². The first kappa shape index (κ1) is 28.3. The molecule has 2 aromatic heterocycles. The molecular weight excluding hydrogens is 630 g/mol. The molecule has 1 aliphatic rings. The number of hydrogen-bond acceptors (Lipinski definition) is 8. The summed E-state index contributed by atoms with van der Waals surface area (Å²) in [6.07, 6.45) is 8.14. The maximum absolute atomic E-state index is 13.5. The summed E-state index contributed by atoms with van der Waals surface area (Å²) in [6.45, 7) is -0.0496. The van der Waals surface area contributed by atoms with E-state index in [1.807, 2.05) is 6.07 Å². The molecule has 1 N–H and O–H groups in total. The maximum Gasteiger partial charge on any atom is 0.267 e. The van der Waals surface area contributed by atoms with Crippen LogP contribution in [0, 0.1) is 0 Å². The molecule has 206 valence electrons. The van der Waals surface area contributed by atoms with Crippen molar-refractivity contribution in [2.24, 2.45) is 10.2 Å². The summed E-state index contributed by atoms with van der Waals surface area (Å²) in [5, 5.41) is 12.2. The zero-order valence-corrected chi connectivity index (χ0v) is 24.4.